The second-order valence-electron chi connectivity index (χ2n) is 3.82. The Kier molecular flexibility index (Phi) is 3.80. The monoisotopic (exact) mass is 233 g/mol. The molecule has 0 aliphatic heterocycles. The number of aryl methyl sites for hydroxylation is 1. The molecule has 1 atom stereocenters. The number of rotatable bonds is 3. The summed E-state index contributed by atoms with van der Waals surface area (Å²) in [5.41, 5.74) is 5.26. The number of ether oxygens (including phenoxy) is 1. The molecule has 1 aromatic rings. The largest absolute Gasteiger partial charge is 0.492 e. The summed E-state index contributed by atoms with van der Waals surface area (Å²) in [7, 11) is 0. The lowest BCUT2D eigenvalue weighted by Crippen LogP contribution is -2.23. The van der Waals surface area contributed by atoms with Crippen molar-refractivity contribution < 1.29 is 17.9 Å². The molecule has 1 unspecified atom stereocenters. The normalized spacial score (nSPS) is 13.6. The lowest BCUT2D eigenvalue weighted by molar-refractivity contribution is -0.137. The third-order valence-electron chi connectivity index (χ3n) is 1.89. The van der Waals surface area contributed by atoms with Crippen LogP contribution in [0.1, 0.15) is 18.1 Å². The summed E-state index contributed by atoms with van der Waals surface area (Å²) in [6.45, 7) is 3.51. The molecule has 16 heavy (non-hydrogen) atoms. The molecule has 90 valence electrons. The molecule has 0 amide bonds. The molecule has 0 spiro atoms. The van der Waals surface area contributed by atoms with Gasteiger partial charge >= 0.3 is 6.18 Å². The van der Waals surface area contributed by atoms with E-state index in [4.69, 9.17) is 10.5 Å². The van der Waals surface area contributed by atoms with E-state index < -0.39 is 11.7 Å². The van der Waals surface area contributed by atoms with Gasteiger partial charge in [0.05, 0.1) is 5.56 Å². The third kappa shape index (κ3) is 3.73. The molecule has 0 saturated heterocycles. The topological polar surface area (TPSA) is 35.2 Å². The Labute approximate surface area is 92.2 Å². The van der Waals surface area contributed by atoms with Crippen LogP contribution >= 0.6 is 0 Å². The molecule has 0 saturated carbocycles. The van der Waals surface area contributed by atoms with Crippen LogP contribution in [-0.4, -0.2) is 12.6 Å². The van der Waals surface area contributed by atoms with E-state index in [-0.39, 0.29) is 18.4 Å². The quantitative estimate of drug-likeness (QED) is 0.871. The van der Waals surface area contributed by atoms with Gasteiger partial charge in [-0.3, -0.25) is 0 Å². The van der Waals surface area contributed by atoms with Crippen molar-refractivity contribution in [3.05, 3.63) is 29.3 Å². The first-order valence-electron chi connectivity index (χ1n) is 4.86. The summed E-state index contributed by atoms with van der Waals surface area (Å²) in [4.78, 5) is 0. The van der Waals surface area contributed by atoms with Gasteiger partial charge in [-0.1, -0.05) is 0 Å². The van der Waals surface area contributed by atoms with Crippen molar-refractivity contribution in [3.63, 3.8) is 0 Å². The number of hydrogen-bond donors (Lipinski definition) is 1. The van der Waals surface area contributed by atoms with Gasteiger partial charge in [-0.05, 0) is 37.6 Å². The second kappa shape index (κ2) is 4.74. The Morgan fingerprint density at radius 2 is 1.94 bits per heavy atom. The van der Waals surface area contributed by atoms with E-state index in [2.05, 4.69) is 0 Å². The van der Waals surface area contributed by atoms with E-state index in [9.17, 15) is 13.2 Å². The zero-order valence-corrected chi connectivity index (χ0v) is 9.14. The Hall–Kier alpha value is -1.23. The van der Waals surface area contributed by atoms with Gasteiger partial charge < -0.3 is 10.5 Å². The molecule has 0 heterocycles. The Bertz CT molecular complexity index is 361. The van der Waals surface area contributed by atoms with Gasteiger partial charge in [0.15, 0.2) is 0 Å². The summed E-state index contributed by atoms with van der Waals surface area (Å²) < 4.78 is 42.6. The second-order valence-corrected chi connectivity index (χ2v) is 3.82. The van der Waals surface area contributed by atoms with Crippen molar-refractivity contribution in [2.75, 3.05) is 6.61 Å². The van der Waals surface area contributed by atoms with Gasteiger partial charge in [0.25, 0.3) is 0 Å². The van der Waals surface area contributed by atoms with Crippen molar-refractivity contribution >= 4 is 0 Å². The molecular weight excluding hydrogens is 219 g/mol. The molecule has 2 N–H and O–H groups in total. The minimum Gasteiger partial charge on any atom is -0.492 e. The van der Waals surface area contributed by atoms with Crippen molar-refractivity contribution in [2.45, 2.75) is 26.1 Å². The van der Waals surface area contributed by atoms with Crippen molar-refractivity contribution in [1.82, 2.24) is 0 Å². The number of benzene rings is 1. The first kappa shape index (κ1) is 12.8. The summed E-state index contributed by atoms with van der Waals surface area (Å²) in [6, 6.07) is 3.40. The van der Waals surface area contributed by atoms with Crippen LogP contribution in [0.2, 0.25) is 0 Å². The van der Waals surface area contributed by atoms with Crippen LogP contribution in [0.4, 0.5) is 13.2 Å². The Balaban J connectivity index is 2.90. The smallest absolute Gasteiger partial charge is 0.416 e. The van der Waals surface area contributed by atoms with E-state index in [1.165, 1.54) is 0 Å². The molecule has 1 aromatic carbocycles. The van der Waals surface area contributed by atoms with Gasteiger partial charge in [-0.15, -0.1) is 0 Å². The maximum atomic E-state index is 12.5. The van der Waals surface area contributed by atoms with E-state index in [0.717, 1.165) is 12.1 Å². The van der Waals surface area contributed by atoms with Crippen LogP contribution in [0.5, 0.6) is 5.75 Å². The van der Waals surface area contributed by atoms with Crippen LogP contribution in [0.25, 0.3) is 0 Å². The minimum atomic E-state index is -4.35. The standard InChI is InChI=1S/C11H14F3NO/c1-7-3-9(11(12,13)14)5-10(4-7)16-6-8(2)15/h3-5,8H,6,15H2,1-2H3. The van der Waals surface area contributed by atoms with Crippen LogP contribution in [0.15, 0.2) is 18.2 Å². The summed E-state index contributed by atoms with van der Waals surface area (Å²) in [6.07, 6.45) is -4.35. The van der Waals surface area contributed by atoms with E-state index in [1.807, 2.05) is 0 Å². The lowest BCUT2D eigenvalue weighted by Gasteiger charge is -2.13. The molecule has 0 aliphatic rings. The van der Waals surface area contributed by atoms with E-state index in [0.29, 0.717) is 5.56 Å². The molecule has 0 fully saturated rings. The van der Waals surface area contributed by atoms with Gasteiger partial charge in [-0.2, -0.15) is 13.2 Å². The minimum absolute atomic E-state index is 0.195. The van der Waals surface area contributed by atoms with E-state index >= 15 is 0 Å². The highest BCUT2D eigenvalue weighted by Crippen LogP contribution is 2.32. The fourth-order valence-electron chi connectivity index (χ4n) is 1.22. The summed E-state index contributed by atoms with van der Waals surface area (Å²) >= 11 is 0. The predicted octanol–water partition coefficient (Wildman–Crippen LogP) is 2.74. The maximum absolute atomic E-state index is 12.5. The Morgan fingerprint density at radius 1 is 1.31 bits per heavy atom. The van der Waals surface area contributed by atoms with Crippen LogP contribution in [-0.2, 0) is 6.18 Å². The fourth-order valence-corrected chi connectivity index (χ4v) is 1.22. The highest BCUT2D eigenvalue weighted by molar-refractivity contribution is 5.35. The first-order valence-corrected chi connectivity index (χ1v) is 4.86. The molecule has 0 aromatic heterocycles. The van der Waals surface area contributed by atoms with Crippen LogP contribution in [0.3, 0.4) is 0 Å². The average Bonchev–Trinajstić information content (AvgIpc) is 2.12. The third-order valence-corrected chi connectivity index (χ3v) is 1.89. The number of halogens is 3. The number of nitrogens with two attached hydrogens (primary N) is 1. The molecule has 2 nitrogen and oxygen atoms in total. The molecule has 5 heteroatoms. The fraction of sp³-hybridized carbons (Fsp3) is 0.455. The lowest BCUT2D eigenvalue weighted by atomic mass is 10.1. The average molecular weight is 233 g/mol. The van der Waals surface area contributed by atoms with Crippen molar-refractivity contribution in [1.29, 1.82) is 0 Å². The van der Waals surface area contributed by atoms with Gasteiger partial charge in [0, 0.05) is 6.04 Å². The van der Waals surface area contributed by atoms with Gasteiger partial charge in [0.1, 0.15) is 12.4 Å². The van der Waals surface area contributed by atoms with Gasteiger partial charge in [-0.25, -0.2) is 0 Å². The van der Waals surface area contributed by atoms with Gasteiger partial charge in [0.2, 0.25) is 0 Å². The molecule has 1 rings (SSSR count). The Morgan fingerprint density at radius 3 is 2.44 bits per heavy atom. The summed E-state index contributed by atoms with van der Waals surface area (Å²) in [5, 5.41) is 0. The molecular formula is C11H14F3NO. The molecule has 0 bridgehead atoms. The highest BCUT2D eigenvalue weighted by atomic mass is 19.4. The van der Waals surface area contributed by atoms with Crippen LogP contribution in [0, 0.1) is 6.92 Å². The highest BCUT2D eigenvalue weighted by Gasteiger charge is 2.31. The van der Waals surface area contributed by atoms with E-state index in [1.54, 1.807) is 19.9 Å². The molecule has 0 aliphatic carbocycles. The summed E-state index contributed by atoms with van der Waals surface area (Å²) in [5.74, 6) is 0.199. The van der Waals surface area contributed by atoms with Crippen LogP contribution < -0.4 is 10.5 Å². The zero-order valence-electron chi connectivity index (χ0n) is 9.14. The number of alkyl halides is 3. The van der Waals surface area contributed by atoms with Crippen molar-refractivity contribution in [3.8, 4) is 5.75 Å². The molecule has 0 radical (unpaired) electrons. The first-order chi connectivity index (χ1) is 7.29. The van der Waals surface area contributed by atoms with Crippen molar-refractivity contribution in [2.24, 2.45) is 5.73 Å². The number of hydrogen-bond acceptors (Lipinski definition) is 2. The maximum Gasteiger partial charge on any atom is 0.416 e. The zero-order chi connectivity index (χ0) is 12.3. The SMILES string of the molecule is Cc1cc(OCC(C)N)cc(C(F)(F)F)c1. The predicted molar refractivity (Wildman–Crippen MR) is 55.3 cm³/mol.